The molecule has 0 aromatic rings. The molecule has 96 valence electrons. The van der Waals surface area contributed by atoms with E-state index < -0.39 is 0 Å². The first-order chi connectivity index (χ1) is 7.79. The zero-order valence-corrected chi connectivity index (χ0v) is 11.3. The topological polar surface area (TPSA) is 40.5 Å². The Morgan fingerprint density at radius 2 is 1.82 bits per heavy atom. The predicted molar refractivity (Wildman–Crippen MR) is 67.4 cm³/mol. The van der Waals surface area contributed by atoms with Crippen molar-refractivity contribution in [1.29, 1.82) is 0 Å². The van der Waals surface area contributed by atoms with Crippen molar-refractivity contribution >= 4 is 0 Å². The number of aliphatic hydroxyl groups is 2. The van der Waals surface area contributed by atoms with Gasteiger partial charge in [-0.2, -0.15) is 0 Å². The van der Waals surface area contributed by atoms with E-state index >= 15 is 0 Å². The van der Waals surface area contributed by atoms with Crippen molar-refractivity contribution in [2.75, 3.05) is 0 Å². The third-order valence-corrected chi connectivity index (χ3v) is 6.15. The Bertz CT molecular complexity index is 384. The standard InChI is InChI=1S/C15H24O2/c1-8-5-9(16)6-10-12(17)7-11-13(14(11,2)3)15(8,10)4/h6,8-9,11-13,16-17H,5,7H2,1-4H3. The second-order valence-electron chi connectivity index (χ2n) is 7.27. The van der Waals surface area contributed by atoms with Gasteiger partial charge in [0.25, 0.3) is 0 Å². The van der Waals surface area contributed by atoms with Gasteiger partial charge in [0.1, 0.15) is 0 Å². The summed E-state index contributed by atoms with van der Waals surface area (Å²) in [6.45, 7) is 9.21. The van der Waals surface area contributed by atoms with E-state index in [0.29, 0.717) is 23.2 Å². The summed E-state index contributed by atoms with van der Waals surface area (Å²) in [5.74, 6) is 1.81. The first-order valence-corrected chi connectivity index (χ1v) is 6.88. The second kappa shape index (κ2) is 3.16. The van der Waals surface area contributed by atoms with E-state index in [9.17, 15) is 10.2 Å². The summed E-state index contributed by atoms with van der Waals surface area (Å²) in [6, 6.07) is 0. The fourth-order valence-electron chi connectivity index (χ4n) is 5.04. The molecule has 0 bridgehead atoms. The van der Waals surface area contributed by atoms with E-state index in [2.05, 4.69) is 27.7 Å². The molecule has 2 heteroatoms. The van der Waals surface area contributed by atoms with Crippen molar-refractivity contribution < 1.29 is 10.2 Å². The average molecular weight is 236 g/mol. The second-order valence-corrected chi connectivity index (χ2v) is 7.27. The normalized spacial score (nSPS) is 55.6. The predicted octanol–water partition coefficient (Wildman–Crippen LogP) is 2.36. The maximum atomic E-state index is 10.4. The molecule has 3 aliphatic rings. The lowest BCUT2D eigenvalue weighted by atomic mass is 9.58. The molecule has 17 heavy (non-hydrogen) atoms. The number of hydrogen-bond donors (Lipinski definition) is 2. The van der Waals surface area contributed by atoms with Crippen molar-refractivity contribution in [2.45, 2.75) is 52.7 Å². The monoisotopic (exact) mass is 236 g/mol. The van der Waals surface area contributed by atoms with Crippen LogP contribution in [0.3, 0.4) is 0 Å². The van der Waals surface area contributed by atoms with Crippen LogP contribution in [0.4, 0.5) is 0 Å². The highest BCUT2D eigenvalue weighted by atomic mass is 16.3. The first-order valence-electron chi connectivity index (χ1n) is 6.88. The fourth-order valence-corrected chi connectivity index (χ4v) is 5.04. The van der Waals surface area contributed by atoms with Crippen molar-refractivity contribution in [3.8, 4) is 0 Å². The summed E-state index contributed by atoms with van der Waals surface area (Å²) in [6.07, 6.45) is 2.97. The van der Waals surface area contributed by atoms with Crippen LogP contribution in [0.5, 0.6) is 0 Å². The summed E-state index contributed by atoms with van der Waals surface area (Å²) in [4.78, 5) is 0. The van der Waals surface area contributed by atoms with Crippen LogP contribution >= 0.6 is 0 Å². The Morgan fingerprint density at radius 1 is 1.18 bits per heavy atom. The van der Waals surface area contributed by atoms with Gasteiger partial charge in [0.2, 0.25) is 0 Å². The van der Waals surface area contributed by atoms with Crippen LogP contribution in [0, 0.1) is 28.6 Å². The molecule has 2 fully saturated rings. The molecule has 0 aliphatic heterocycles. The van der Waals surface area contributed by atoms with Gasteiger partial charge >= 0.3 is 0 Å². The van der Waals surface area contributed by atoms with Gasteiger partial charge in [-0.15, -0.1) is 0 Å². The average Bonchev–Trinajstić information content (AvgIpc) is 2.74. The maximum absolute atomic E-state index is 10.4. The minimum atomic E-state index is -0.360. The minimum Gasteiger partial charge on any atom is -0.389 e. The van der Waals surface area contributed by atoms with E-state index in [-0.39, 0.29) is 17.6 Å². The van der Waals surface area contributed by atoms with E-state index in [4.69, 9.17) is 0 Å². The van der Waals surface area contributed by atoms with Crippen molar-refractivity contribution in [1.82, 2.24) is 0 Å². The lowest BCUT2D eigenvalue weighted by Gasteiger charge is -2.47. The molecule has 3 rings (SSSR count). The van der Waals surface area contributed by atoms with Crippen LogP contribution in [-0.4, -0.2) is 22.4 Å². The Kier molecular flexibility index (Phi) is 2.18. The summed E-state index contributed by atoms with van der Waals surface area (Å²) < 4.78 is 0. The van der Waals surface area contributed by atoms with Gasteiger partial charge < -0.3 is 10.2 Å². The molecule has 0 spiro atoms. The third kappa shape index (κ3) is 1.29. The lowest BCUT2D eigenvalue weighted by molar-refractivity contribution is 0.0425. The molecule has 3 aliphatic carbocycles. The Labute approximate surface area is 104 Å². The Balaban J connectivity index is 2.08. The van der Waals surface area contributed by atoms with Gasteiger partial charge in [0.15, 0.2) is 0 Å². The molecule has 0 heterocycles. The molecule has 6 atom stereocenters. The molecule has 0 amide bonds. The molecule has 0 aromatic carbocycles. The fraction of sp³-hybridized carbons (Fsp3) is 0.867. The molecule has 0 radical (unpaired) electrons. The zero-order valence-electron chi connectivity index (χ0n) is 11.3. The number of hydrogen-bond acceptors (Lipinski definition) is 2. The SMILES string of the molecule is CC1CC(O)C=C2C(O)CC3C(C3(C)C)C21C. The molecular formula is C15H24O2. The van der Waals surface area contributed by atoms with E-state index in [1.807, 2.05) is 6.08 Å². The van der Waals surface area contributed by atoms with Gasteiger partial charge in [0.05, 0.1) is 12.2 Å². The highest BCUT2D eigenvalue weighted by Crippen LogP contribution is 2.74. The van der Waals surface area contributed by atoms with Crippen molar-refractivity contribution in [3.05, 3.63) is 11.6 Å². The number of aliphatic hydroxyl groups excluding tert-OH is 2. The quantitative estimate of drug-likeness (QED) is 0.634. The van der Waals surface area contributed by atoms with E-state index in [1.165, 1.54) is 0 Å². The van der Waals surface area contributed by atoms with E-state index in [1.54, 1.807) is 0 Å². The highest BCUT2D eigenvalue weighted by Gasteiger charge is 2.70. The van der Waals surface area contributed by atoms with Gasteiger partial charge in [0, 0.05) is 0 Å². The number of fused-ring (bicyclic) bond motifs is 3. The van der Waals surface area contributed by atoms with Crippen LogP contribution in [0.25, 0.3) is 0 Å². The molecule has 2 saturated carbocycles. The molecular weight excluding hydrogens is 212 g/mol. The summed E-state index contributed by atoms with van der Waals surface area (Å²) >= 11 is 0. The van der Waals surface area contributed by atoms with Gasteiger partial charge in [-0.1, -0.05) is 33.8 Å². The smallest absolute Gasteiger partial charge is 0.0759 e. The summed E-state index contributed by atoms with van der Waals surface area (Å²) in [5, 5.41) is 20.2. The molecule has 6 unspecified atom stereocenters. The van der Waals surface area contributed by atoms with Crippen molar-refractivity contribution in [3.63, 3.8) is 0 Å². The van der Waals surface area contributed by atoms with E-state index in [0.717, 1.165) is 18.4 Å². The van der Waals surface area contributed by atoms with Gasteiger partial charge in [-0.05, 0) is 47.0 Å². The van der Waals surface area contributed by atoms with Gasteiger partial charge in [-0.25, -0.2) is 0 Å². The third-order valence-electron chi connectivity index (χ3n) is 6.15. The number of rotatable bonds is 0. The minimum absolute atomic E-state index is 0.102. The van der Waals surface area contributed by atoms with Crippen LogP contribution in [0.1, 0.15) is 40.5 Å². The highest BCUT2D eigenvalue weighted by molar-refractivity contribution is 5.35. The van der Waals surface area contributed by atoms with Crippen LogP contribution in [-0.2, 0) is 0 Å². The first kappa shape index (κ1) is 11.7. The largest absolute Gasteiger partial charge is 0.389 e. The maximum Gasteiger partial charge on any atom is 0.0759 e. The van der Waals surface area contributed by atoms with Crippen molar-refractivity contribution in [2.24, 2.45) is 28.6 Å². The Hall–Kier alpha value is -0.340. The molecule has 0 aromatic heterocycles. The molecule has 0 saturated heterocycles. The van der Waals surface area contributed by atoms with Crippen LogP contribution < -0.4 is 0 Å². The van der Waals surface area contributed by atoms with Gasteiger partial charge in [-0.3, -0.25) is 0 Å². The molecule has 2 N–H and O–H groups in total. The van der Waals surface area contributed by atoms with Crippen LogP contribution in [0.2, 0.25) is 0 Å². The van der Waals surface area contributed by atoms with Crippen LogP contribution in [0.15, 0.2) is 11.6 Å². The molecule has 2 nitrogen and oxygen atoms in total. The Morgan fingerprint density at radius 3 is 2.47 bits per heavy atom. The summed E-state index contributed by atoms with van der Waals surface area (Å²) in [7, 11) is 0. The lowest BCUT2D eigenvalue weighted by Crippen LogP contribution is -2.44. The zero-order chi connectivity index (χ0) is 12.6. The summed E-state index contributed by atoms with van der Waals surface area (Å²) in [5.41, 5.74) is 1.59.